The van der Waals surface area contributed by atoms with Crippen LogP contribution in [0.15, 0.2) is 24.3 Å². The highest BCUT2D eigenvalue weighted by Gasteiger charge is 2.21. The van der Waals surface area contributed by atoms with Crippen LogP contribution in [0.1, 0.15) is 200 Å². The van der Waals surface area contributed by atoms with Crippen LogP contribution in [0, 0.1) is 0 Å². The first-order valence-electron chi connectivity index (χ1n) is 22.5. The van der Waals surface area contributed by atoms with Crippen molar-refractivity contribution in [2.45, 2.75) is 206 Å². The second-order valence-corrected chi connectivity index (χ2v) is 17.8. The van der Waals surface area contributed by atoms with E-state index < -0.39 is 32.5 Å². The van der Waals surface area contributed by atoms with Crippen molar-refractivity contribution >= 4 is 19.8 Å². The number of nitrogens with zero attached hydrogens (tertiary/aromatic N) is 1. The van der Waals surface area contributed by atoms with E-state index in [4.69, 9.17) is 18.5 Å². The maximum absolute atomic E-state index is 12.7. The fourth-order valence-corrected chi connectivity index (χ4v) is 6.84. The molecule has 2 atom stereocenters. The Labute approximate surface area is 339 Å². The van der Waals surface area contributed by atoms with Gasteiger partial charge in [0.2, 0.25) is 0 Å². The van der Waals surface area contributed by atoms with E-state index in [-0.39, 0.29) is 26.1 Å². The lowest BCUT2D eigenvalue weighted by Gasteiger charge is -2.28. The number of likely N-dealkylation sites (N-methyl/N-ethyl adjacent to an activating group) is 1. The minimum absolute atomic E-state index is 0.0325. The number of unbranched alkanes of at least 4 members (excludes halogenated alkanes) is 23. The van der Waals surface area contributed by atoms with Crippen LogP contribution in [0.3, 0.4) is 0 Å². The quantitative estimate of drug-likeness (QED) is 0.0198. The van der Waals surface area contributed by atoms with E-state index in [2.05, 4.69) is 38.2 Å². The SMILES string of the molecule is CCCCCCCC/C=C\CCCCCCCC(=O)O[C@H](COC(=O)CCCCCCC/C=C\CCCCCCCCC)COP(=O)([O-])OCC[N+](C)(C)C. The number of allylic oxidation sites excluding steroid dienone is 4. The van der Waals surface area contributed by atoms with Gasteiger partial charge in [-0.25, -0.2) is 0 Å². The number of phosphoric acid groups is 1. The Morgan fingerprint density at radius 1 is 0.545 bits per heavy atom. The van der Waals surface area contributed by atoms with Crippen molar-refractivity contribution in [1.82, 2.24) is 0 Å². The number of phosphoric ester groups is 1. The van der Waals surface area contributed by atoms with Gasteiger partial charge in [0, 0.05) is 12.8 Å². The molecule has 0 aromatic rings. The summed E-state index contributed by atoms with van der Waals surface area (Å²) in [5, 5.41) is 0. The Kier molecular flexibility index (Phi) is 37.0. The fraction of sp³-hybridized carbons (Fsp3) is 0.867. The molecule has 0 radical (unpaired) electrons. The molecule has 0 aromatic heterocycles. The van der Waals surface area contributed by atoms with E-state index >= 15 is 0 Å². The summed E-state index contributed by atoms with van der Waals surface area (Å²) >= 11 is 0. The minimum atomic E-state index is -4.63. The van der Waals surface area contributed by atoms with Crippen LogP contribution in [-0.2, 0) is 32.7 Å². The van der Waals surface area contributed by atoms with Crippen molar-refractivity contribution < 1.29 is 42.1 Å². The highest BCUT2D eigenvalue weighted by atomic mass is 31.2. The van der Waals surface area contributed by atoms with Crippen LogP contribution < -0.4 is 4.89 Å². The number of carbonyl (C=O) groups is 2. The predicted molar refractivity (Wildman–Crippen MR) is 227 cm³/mol. The van der Waals surface area contributed by atoms with E-state index in [1.54, 1.807) is 0 Å². The molecule has 0 saturated heterocycles. The third kappa shape index (κ3) is 41.9. The lowest BCUT2D eigenvalue weighted by molar-refractivity contribution is -0.870. The Bertz CT molecular complexity index is 996. The van der Waals surface area contributed by atoms with Gasteiger partial charge in [-0.15, -0.1) is 0 Å². The van der Waals surface area contributed by atoms with Gasteiger partial charge in [0.15, 0.2) is 6.10 Å². The predicted octanol–water partition coefficient (Wildman–Crippen LogP) is 12.1. The van der Waals surface area contributed by atoms with Crippen molar-refractivity contribution in [2.75, 3.05) is 47.5 Å². The molecule has 0 aliphatic rings. The molecule has 1 unspecified atom stereocenters. The maximum atomic E-state index is 12.7. The van der Waals surface area contributed by atoms with Crippen molar-refractivity contribution in [3.8, 4) is 0 Å². The summed E-state index contributed by atoms with van der Waals surface area (Å²) in [6, 6.07) is 0. The summed E-state index contributed by atoms with van der Waals surface area (Å²) in [7, 11) is 1.16. The fourth-order valence-electron chi connectivity index (χ4n) is 6.11. The summed E-state index contributed by atoms with van der Waals surface area (Å²) in [5.74, 6) is -0.849. The first kappa shape index (κ1) is 53.5. The molecule has 0 aromatic carbocycles. The molecular formula is C45H86NO8P. The van der Waals surface area contributed by atoms with Crippen LogP contribution in [0.2, 0.25) is 0 Å². The van der Waals surface area contributed by atoms with Crippen LogP contribution >= 0.6 is 7.82 Å². The average Bonchev–Trinajstić information content (AvgIpc) is 3.13. The number of hydrogen-bond donors (Lipinski definition) is 0. The second-order valence-electron chi connectivity index (χ2n) is 16.4. The van der Waals surface area contributed by atoms with E-state index in [0.29, 0.717) is 17.4 Å². The first-order chi connectivity index (χ1) is 26.5. The van der Waals surface area contributed by atoms with Gasteiger partial charge < -0.3 is 27.9 Å². The molecule has 0 saturated carbocycles. The molecule has 0 fully saturated rings. The van der Waals surface area contributed by atoms with Gasteiger partial charge in [0.1, 0.15) is 19.8 Å². The largest absolute Gasteiger partial charge is 0.756 e. The van der Waals surface area contributed by atoms with Gasteiger partial charge in [-0.1, -0.05) is 147 Å². The maximum Gasteiger partial charge on any atom is 0.306 e. The minimum Gasteiger partial charge on any atom is -0.756 e. The lowest BCUT2D eigenvalue weighted by Crippen LogP contribution is -2.37. The average molecular weight is 800 g/mol. The lowest BCUT2D eigenvalue weighted by atomic mass is 10.1. The molecule has 0 heterocycles. The summed E-state index contributed by atoms with van der Waals surface area (Å²) in [5.41, 5.74) is 0. The highest BCUT2D eigenvalue weighted by Crippen LogP contribution is 2.38. The van der Waals surface area contributed by atoms with Crippen LogP contribution in [-0.4, -0.2) is 70.0 Å². The Hall–Kier alpha value is -1.51. The molecule has 55 heavy (non-hydrogen) atoms. The molecule has 324 valence electrons. The zero-order chi connectivity index (χ0) is 40.7. The monoisotopic (exact) mass is 800 g/mol. The van der Waals surface area contributed by atoms with E-state index in [1.165, 1.54) is 96.3 Å². The molecule has 0 N–H and O–H groups in total. The standard InChI is InChI=1S/C45H86NO8P/c1-6-8-10-12-14-16-18-20-22-24-25-27-29-31-33-35-37-44(47)51-41-43(42-53-55(49,50)52-40-39-46(3,4)5)54-45(48)38-36-34-32-30-28-26-23-21-19-17-15-13-11-9-7-2/h21-24,43H,6-20,25-42H2,1-5H3/b23-21-,24-22-/t43-/m1/s1. The van der Waals surface area contributed by atoms with Crippen molar-refractivity contribution in [3.05, 3.63) is 24.3 Å². The smallest absolute Gasteiger partial charge is 0.306 e. The molecule has 0 aliphatic carbocycles. The van der Waals surface area contributed by atoms with Gasteiger partial charge in [-0.2, -0.15) is 0 Å². The number of carbonyl (C=O) groups excluding carboxylic acids is 2. The third-order valence-corrected chi connectivity index (χ3v) is 10.7. The second kappa shape index (κ2) is 38.0. The summed E-state index contributed by atoms with van der Waals surface area (Å²) in [6.45, 7) is 4.21. The van der Waals surface area contributed by atoms with Gasteiger partial charge in [0.05, 0.1) is 27.7 Å². The zero-order valence-electron chi connectivity index (χ0n) is 36.4. The summed E-state index contributed by atoms with van der Waals surface area (Å²) in [4.78, 5) is 37.5. The molecule has 0 bridgehead atoms. The van der Waals surface area contributed by atoms with Gasteiger partial charge in [-0.05, 0) is 64.2 Å². The topological polar surface area (TPSA) is 111 Å². The summed E-state index contributed by atoms with van der Waals surface area (Å²) < 4.78 is 33.9. The van der Waals surface area contributed by atoms with Gasteiger partial charge in [-0.3, -0.25) is 14.2 Å². The van der Waals surface area contributed by atoms with Crippen molar-refractivity contribution in [1.29, 1.82) is 0 Å². The van der Waals surface area contributed by atoms with E-state index in [0.717, 1.165) is 70.6 Å². The highest BCUT2D eigenvalue weighted by molar-refractivity contribution is 7.45. The number of hydrogen-bond acceptors (Lipinski definition) is 8. The van der Waals surface area contributed by atoms with Gasteiger partial charge in [0.25, 0.3) is 7.82 Å². The number of esters is 2. The van der Waals surface area contributed by atoms with Crippen LogP contribution in [0.4, 0.5) is 0 Å². The van der Waals surface area contributed by atoms with Crippen LogP contribution in [0.25, 0.3) is 0 Å². The molecule has 0 rings (SSSR count). The normalized spacial score (nSPS) is 13.8. The number of rotatable bonds is 41. The summed E-state index contributed by atoms with van der Waals surface area (Å²) in [6.07, 6.45) is 40.5. The van der Waals surface area contributed by atoms with Crippen molar-refractivity contribution in [2.24, 2.45) is 0 Å². The third-order valence-electron chi connectivity index (χ3n) is 9.69. The Balaban J connectivity index is 4.36. The molecule has 0 amide bonds. The van der Waals surface area contributed by atoms with E-state index in [1.807, 2.05) is 21.1 Å². The van der Waals surface area contributed by atoms with Crippen molar-refractivity contribution in [3.63, 3.8) is 0 Å². The molecule has 0 spiro atoms. The molecule has 9 nitrogen and oxygen atoms in total. The van der Waals surface area contributed by atoms with Crippen LogP contribution in [0.5, 0.6) is 0 Å². The zero-order valence-corrected chi connectivity index (χ0v) is 37.3. The number of quaternary nitrogens is 1. The molecule has 10 heteroatoms. The Morgan fingerprint density at radius 3 is 1.35 bits per heavy atom. The molecular weight excluding hydrogens is 713 g/mol. The molecule has 0 aliphatic heterocycles. The van der Waals surface area contributed by atoms with Gasteiger partial charge >= 0.3 is 11.9 Å². The Morgan fingerprint density at radius 2 is 0.927 bits per heavy atom. The van der Waals surface area contributed by atoms with E-state index in [9.17, 15) is 19.0 Å². The first-order valence-corrected chi connectivity index (χ1v) is 24.0. The number of ether oxygens (including phenoxy) is 2.